The van der Waals surface area contributed by atoms with Crippen LogP contribution in [0.4, 0.5) is 4.39 Å². The first-order valence-electron chi connectivity index (χ1n) is 11.0. The van der Waals surface area contributed by atoms with Crippen molar-refractivity contribution in [3.63, 3.8) is 0 Å². The molecule has 9 heteroatoms. The Bertz CT molecular complexity index is 799. The minimum absolute atomic E-state index is 0. The topological polar surface area (TPSA) is 73.8 Å². The van der Waals surface area contributed by atoms with Crippen molar-refractivity contribution in [1.29, 1.82) is 0 Å². The van der Waals surface area contributed by atoms with Crippen molar-refractivity contribution >= 4 is 39.8 Å². The largest absolute Gasteiger partial charge is 0.357 e. The first kappa shape index (κ1) is 28.1. The molecular formula is C22H38FIN4O2S. The van der Waals surface area contributed by atoms with Crippen LogP contribution in [0.3, 0.4) is 0 Å². The molecule has 1 aliphatic carbocycles. The average Bonchev–Trinajstić information content (AvgIpc) is 2.70. The predicted molar refractivity (Wildman–Crippen MR) is 137 cm³/mol. The maximum absolute atomic E-state index is 13.7. The van der Waals surface area contributed by atoms with Crippen molar-refractivity contribution in [2.45, 2.75) is 63.8 Å². The second-order valence-electron chi connectivity index (χ2n) is 8.23. The minimum Gasteiger partial charge on any atom is -0.357 e. The van der Waals surface area contributed by atoms with Gasteiger partial charge in [-0.05, 0) is 63.0 Å². The Morgan fingerprint density at radius 2 is 1.90 bits per heavy atom. The number of nitrogens with one attached hydrogen (secondary N) is 2. The molecule has 0 bridgehead atoms. The van der Waals surface area contributed by atoms with E-state index in [2.05, 4.69) is 27.6 Å². The molecule has 1 aromatic carbocycles. The Balaban J connectivity index is 0.00000480. The van der Waals surface area contributed by atoms with E-state index in [1.165, 1.54) is 56.6 Å². The van der Waals surface area contributed by atoms with Crippen LogP contribution in [0, 0.1) is 5.82 Å². The molecule has 0 radical (unpaired) electrons. The molecule has 0 amide bonds. The van der Waals surface area contributed by atoms with E-state index in [9.17, 15) is 12.8 Å². The van der Waals surface area contributed by atoms with Crippen LogP contribution >= 0.6 is 24.0 Å². The molecule has 6 nitrogen and oxygen atoms in total. The van der Waals surface area contributed by atoms with E-state index in [-0.39, 0.29) is 42.1 Å². The number of guanidine groups is 1. The third-order valence-corrected chi connectivity index (χ3v) is 6.35. The van der Waals surface area contributed by atoms with Crippen molar-refractivity contribution in [3.05, 3.63) is 35.1 Å². The number of aliphatic imine (C=N–C) groups is 1. The summed E-state index contributed by atoms with van der Waals surface area (Å²) in [4.78, 5) is 7.01. The fraction of sp³-hybridized carbons (Fsp3) is 0.682. The van der Waals surface area contributed by atoms with E-state index in [1.54, 1.807) is 0 Å². The van der Waals surface area contributed by atoms with Gasteiger partial charge in [-0.15, -0.1) is 24.0 Å². The highest BCUT2D eigenvalue weighted by Gasteiger charge is 2.17. The van der Waals surface area contributed by atoms with Gasteiger partial charge in [-0.25, -0.2) is 17.8 Å². The fourth-order valence-corrected chi connectivity index (χ4v) is 4.76. The van der Waals surface area contributed by atoms with Gasteiger partial charge in [0.05, 0.1) is 12.3 Å². The molecule has 1 aliphatic rings. The molecule has 2 N–H and O–H groups in total. The summed E-state index contributed by atoms with van der Waals surface area (Å²) in [5, 5.41) is 6.53. The summed E-state index contributed by atoms with van der Waals surface area (Å²) in [5.74, 6) is 0.156. The van der Waals surface area contributed by atoms with Gasteiger partial charge in [0.25, 0.3) is 0 Å². The molecule has 0 atom stereocenters. The van der Waals surface area contributed by atoms with Crippen molar-refractivity contribution in [3.8, 4) is 0 Å². The highest BCUT2D eigenvalue weighted by molar-refractivity contribution is 14.0. The smallest absolute Gasteiger partial charge is 0.191 e. The Hall–Kier alpha value is -0.940. The van der Waals surface area contributed by atoms with Crippen molar-refractivity contribution in [2.75, 3.05) is 32.9 Å². The summed E-state index contributed by atoms with van der Waals surface area (Å²) in [6.45, 7) is 4.76. The van der Waals surface area contributed by atoms with E-state index in [4.69, 9.17) is 0 Å². The molecule has 1 aromatic rings. The molecule has 1 fully saturated rings. The molecule has 1 saturated carbocycles. The summed E-state index contributed by atoms with van der Waals surface area (Å²) < 4.78 is 37.0. The van der Waals surface area contributed by atoms with Crippen LogP contribution in [0.15, 0.2) is 23.2 Å². The van der Waals surface area contributed by atoms with Crippen LogP contribution in [0.5, 0.6) is 0 Å². The first-order valence-corrected chi connectivity index (χ1v) is 13.0. The highest BCUT2D eigenvalue weighted by atomic mass is 127. The zero-order valence-corrected chi connectivity index (χ0v) is 22.1. The van der Waals surface area contributed by atoms with Gasteiger partial charge in [-0.3, -0.25) is 0 Å². The quantitative estimate of drug-likeness (QED) is 0.195. The zero-order valence-electron chi connectivity index (χ0n) is 19.0. The van der Waals surface area contributed by atoms with Gasteiger partial charge < -0.3 is 15.5 Å². The second kappa shape index (κ2) is 14.3. The molecular weight excluding hydrogens is 530 g/mol. The zero-order chi connectivity index (χ0) is 22.0. The van der Waals surface area contributed by atoms with Crippen molar-refractivity contribution < 1.29 is 12.8 Å². The third kappa shape index (κ3) is 11.0. The number of sulfone groups is 1. The third-order valence-electron chi connectivity index (χ3n) is 5.52. The van der Waals surface area contributed by atoms with Gasteiger partial charge in [-0.1, -0.05) is 25.3 Å². The maximum atomic E-state index is 13.7. The number of halogens is 2. The maximum Gasteiger partial charge on any atom is 0.191 e. The summed E-state index contributed by atoms with van der Waals surface area (Å²) >= 11 is 0. The van der Waals surface area contributed by atoms with Gasteiger partial charge in [0.15, 0.2) is 15.8 Å². The fourth-order valence-electron chi connectivity index (χ4n) is 3.91. The SMILES string of the molecule is CCNC(=NCc1cc(F)ccc1CS(C)(=O)=O)NCCCN(C)C1CCCCC1.I. The van der Waals surface area contributed by atoms with Gasteiger partial charge in [0.1, 0.15) is 5.82 Å². The van der Waals surface area contributed by atoms with Crippen LogP contribution in [0.2, 0.25) is 0 Å². The summed E-state index contributed by atoms with van der Waals surface area (Å²) in [5.41, 5.74) is 1.18. The lowest BCUT2D eigenvalue weighted by Crippen LogP contribution is -2.39. The number of hydrogen-bond donors (Lipinski definition) is 2. The lowest BCUT2D eigenvalue weighted by Gasteiger charge is -2.31. The van der Waals surface area contributed by atoms with E-state index in [0.717, 1.165) is 19.5 Å². The average molecular weight is 569 g/mol. The van der Waals surface area contributed by atoms with E-state index >= 15 is 0 Å². The van der Waals surface area contributed by atoms with Crippen molar-refractivity contribution in [2.24, 2.45) is 4.99 Å². The van der Waals surface area contributed by atoms with Gasteiger partial charge in [0.2, 0.25) is 0 Å². The number of rotatable bonds is 10. The molecule has 0 unspecified atom stereocenters. The Kier molecular flexibility index (Phi) is 12.9. The van der Waals surface area contributed by atoms with Gasteiger partial charge >= 0.3 is 0 Å². The number of hydrogen-bond acceptors (Lipinski definition) is 4. The Morgan fingerprint density at radius 1 is 1.19 bits per heavy atom. The molecule has 2 rings (SSSR count). The van der Waals surface area contributed by atoms with E-state index in [1.807, 2.05) is 6.92 Å². The van der Waals surface area contributed by atoms with Crippen LogP contribution in [-0.2, 0) is 22.1 Å². The normalized spacial score (nSPS) is 15.6. The first-order chi connectivity index (χ1) is 14.3. The molecule has 0 spiro atoms. The van der Waals surface area contributed by atoms with Crippen LogP contribution in [0.1, 0.15) is 56.6 Å². The van der Waals surface area contributed by atoms with Crippen LogP contribution < -0.4 is 10.6 Å². The molecule has 31 heavy (non-hydrogen) atoms. The van der Waals surface area contributed by atoms with Crippen molar-refractivity contribution in [1.82, 2.24) is 15.5 Å². The summed E-state index contributed by atoms with van der Waals surface area (Å²) in [6.07, 6.45) is 8.84. The Labute approximate surface area is 204 Å². The lowest BCUT2D eigenvalue weighted by molar-refractivity contribution is 0.190. The van der Waals surface area contributed by atoms with E-state index < -0.39 is 9.84 Å². The standard InChI is InChI=1S/C22H37FN4O2S.HI/c1-4-24-22(25-13-8-14-27(2)21-9-6-5-7-10-21)26-16-19-15-20(23)12-11-18(19)17-30(3,28)29;/h11-12,15,21H,4-10,13-14,16-17H2,1-3H3,(H2,24,25,26);1H. The molecule has 178 valence electrons. The van der Waals surface area contributed by atoms with E-state index in [0.29, 0.717) is 29.7 Å². The molecule has 0 aliphatic heterocycles. The Morgan fingerprint density at radius 3 is 2.55 bits per heavy atom. The summed E-state index contributed by atoms with van der Waals surface area (Å²) in [6, 6.07) is 4.90. The highest BCUT2D eigenvalue weighted by Crippen LogP contribution is 2.21. The lowest BCUT2D eigenvalue weighted by atomic mass is 9.94. The minimum atomic E-state index is -3.20. The number of benzene rings is 1. The summed E-state index contributed by atoms with van der Waals surface area (Å²) in [7, 11) is -0.992. The molecule has 0 heterocycles. The predicted octanol–water partition coefficient (Wildman–Crippen LogP) is 3.70. The van der Waals surface area contributed by atoms with Crippen LogP contribution in [0.25, 0.3) is 0 Å². The monoisotopic (exact) mass is 568 g/mol. The van der Waals surface area contributed by atoms with Gasteiger partial charge in [0, 0.05) is 25.4 Å². The second-order valence-corrected chi connectivity index (χ2v) is 10.4. The van der Waals surface area contributed by atoms with Gasteiger partial charge in [-0.2, -0.15) is 0 Å². The van der Waals surface area contributed by atoms with Crippen LogP contribution in [-0.4, -0.2) is 58.3 Å². The number of nitrogens with zero attached hydrogens (tertiary/aromatic N) is 2. The molecule has 0 aromatic heterocycles. The molecule has 0 saturated heterocycles.